The Morgan fingerprint density at radius 1 is 1.29 bits per heavy atom. The van der Waals surface area contributed by atoms with Crippen LogP contribution in [-0.2, 0) is 11.3 Å². The van der Waals surface area contributed by atoms with Crippen molar-refractivity contribution in [3.63, 3.8) is 0 Å². The average molecular weight is 463 g/mol. The lowest BCUT2D eigenvalue weighted by molar-refractivity contribution is 0.200. The van der Waals surface area contributed by atoms with Gasteiger partial charge in [0, 0.05) is 41.7 Å². The van der Waals surface area contributed by atoms with Crippen molar-refractivity contribution < 1.29 is 13.5 Å². The second kappa shape index (κ2) is 10.7. The smallest absolute Gasteiger partial charge is 0.263 e. The highest BCUT2D eigenvalue weighted by Gasteiger charge is 2.27. The van der Waals surface area contributed by atoms with E-state index in [0.29, 0.717) is 29.2 Å². The summed E-state index contributed by atoms with van der Waals surface area (Å²) in [6.07, 6.45) is 6.03. The molecule has 0 saturated carbocycles. The van der Waals surface area contributed by atoms with Gasteiger partial charge in [0.15, 0.2) is 0 Å². The SMILES string of the molecule is C/C=N\C1=C(/C=C(\C)F)OCc2c1cc(-c1cccc(F)c1C#N)c(=O)n2C(/C=N\CC)=C/C. The van der Waals surface area contributed by atoms with Gasteiger partial charge in [-0.1, -0.05) is 18.2 Å². The number of rotatable bonds is 6. The Morgan fingerprint density at radius 3 is 2.68 bits per heavy atom. The molecule has 0 amide bonds. The summed E-state index contributed by atoms with van der Waals surface area (Å²) in [5.74, 6) is -1.01. The number of hydrogen-bond donors (Lipinski definition) is 0. The topological polar surface area (TPSA) is 79.7 Å². The van der Waals surface area contributed by atoms with Crippen molar-refractivity contribution in [2.24, 2.45) is 9.98 Å². The first-order valence-corrected chi connectivity index (χ1v) is 10.7. The maximum absolute atomic E-state index is 14.4. The maximum atomic E-state index is 14.4. The molecule has 0 bridgehead atoms. The van der Waals surface area contributed by atoms with Crippen molar-refractivity contribution in [1.29, 1.82) is 5.26 Å². The first-order chi connectivity index (χ1) is 16.4. The third-order valence-corrected chi connectivity index (χ3v) is 5.12. The summed E-state index contributed by atoms with van der Waals surface area (Å²) in [6.45, 7) is 7.09. The van der Waals surface area contributed by atoms with Gasteiger partial charge in [-0.05, 0) is 39.8 Å². The Bertz CT molecular complexity index is 1370. The number of aromatic nitrogens is 1. The van der Waals surface area contributed by atoms with E-state index in [2.05, 4.69) is 9.98 Å². The summed E-state index contributed by atoms with van der Waals surface area (Å²) in [6, 6.07) is 7.52. The number of hydrogen-bond acceptors (Lipinski definition) is 5. The van der Waals surface area contributed by atoms with E-state index in [1.54, 1.807) is 32.2 Å². The molecule has 0 atom stereocenters. The number of fused-ring (bicyclic) bond motifs is 1. The normalized spacial score (nSPS) is 14.5. The summed E-state index contributed by atoms with van der Waals surface area (Å²) < 4.78 is 35.4. The van der Waals surface area contributed by atoms with Gasteiger partial charge in [0.25, 0.3) is 5.56 Å². The van der Waals surface area contributed by atoms with Gasteiger partial charge in [-0.15, -0.1) is 0 Å². The van der Waals surface area contributed by atoms with Crippen LogP contribution in [0.3, 0.4) is 0 Å². The molecule has 2 heterocycles. The van der Waals surface area contributed by atoms with Gasteiger partial charge in [-0.3, -0.25) is 19.3 Å². The van der Waals surface area contributed by atoms with Gasteiger partial charge < -0.3 is 4.74 Å². The summed E-state index contributed by atoms with van der Waals surface area (Å²) in [5.41, 5.74) is 1.31. The molecule has 0 aliphatic carbocycles. The van der Waals surface area contributed by atoms with E-state index in [-0.39, 0.29) is 29.1 Å². The number of allylic oxidation sites excluding steroid dienone is 4. The van der Waals surface area contributed by atoms with Crippen LogP contribution in [0.15, 0.2) is 62.8 Å². The zero-order valence-electron chi connectivity index (χ0n) is 19.4. The van der Waals surface area contributed by atoms with Crippen molar-refractivity contribution in [1.82, 2.24) is 4.57 Å². The van der Waals surface area contributed by atoms with E-state index in [0.717, 1.165) is 6.07 Å². The molecule has 0 spiro atoms. The molecule has 0 N–H and O–H groups in total. The van der Waals surface area contributed by atoms with Crippen molar-refractivity contribution >= 4 is 23.8 Å². The van der Waals surface area contributed by atoms with Crippen LogP contribution in [0, 0.1) is 17.1 Å². The van der Waals surface area contributed by atoms with Crippen LogP contribution in [0.2, 0.25) is 0 Å². The fourth-order valence-corrected chi connectivity index (χ4v) is 3.67. The predicted molar refractivity (Wildman–Crippen MR) is 131 cm³/mol. The van der Waals surface area contributed by atoms with Crippen LogP contribution in [0.25, 0.3) is 22.5 Å². The molecule has 0 fully saturated rings. The molecule has 174 valence electrons. The highest BCUT2D eigenvalue weighted by Crippen LogP contribution is 2.35. The molecule has 6 nitrogen and oxygen atoms in total. The highest BCUT2D eigenvalue weighted by molar-refractivity contribution is 6.03. The van der Waals surface area contributed by atoms with Gasteiger partial charge in [-0.25, -0.2) is 8.78 Å². The molecule has 1 aliphatic rings. The maximum Gasteiger partial charge on any atom is 0.263 e. The van der Waals surface area contributed by atoms with E-state index >= 15 is 0 Å². The van der Waals surface area contributed by atoms with Crippen LogP contribution in [0.1, 0.15) is 44.5 Å². The summed E-state index contributed by atoms with van der Waals surface area (Å²) in [5, 5.41) is 9.57. The molecular formula is C26H24F2N4O2. The minimum absolute atomic E-state index is 0.0295. The lowest BCUT2D eigenvalue weighted by Gasteiger charge is -2.25. The third kappa shape index (κ3) is 4.64. The Labute approximate surface area is 196 Å². The molecule has 1 aliphatic heterocycles. The lowest BCUT2D eigenvalue weighted by Crippen LogP contribution is -2.28. The highest BCUT2D eigenvalue weighted by atomic mass is 19.1. The number of nitriles is 1. The molecule has 0 unspecified atom stereocenters. The van der Waals surface area contributed by atoms with Crippen LogP contribution in [-0.4, -0.2) is 23.5 Å². The molecule has 2 aromatic rings. The number of benzene rings is 1. The minimum Gasteiger partial charge on any atom is -0.485 e. The van der Waals surface area contributed by atoms with Crippen LogP contribution >= 0.6 is 0 Å². The fraction of sp³-hybridized carbons (Fsp3) is 0.231. The van der Waals surface area contributed by atoms with E-state index in [4.69, 9.17) is 4.74 Å². The summed E-state index contributed by atoms with van der Waals surface area (Å²) in [4.78, 5) is 22.4. The fourth-order valence-electron chi connectivity index (χ4n) is 3.67. The largest absolute Gasteiger partial charge is 0.485 e. The van der Waals surface area contributed by atoms with Gasteiger partial charge in [0.05, 0.1) is 17.0 Å². The second-order valence-electron chi connectivity index (χ2n) is 7.29. The molecule has 0 radical (unpaired) electrons. The zero-order valence-corrected chi connectivity index (χ0v) is 19.4. The first kappa shape index (κ1) is 24.5. The standard InChI is InChI=1S/C26H24F2N4O2/c1-5-17(14-30-6-2)32-23-15-34-24(11-16(4)27)25(31-7-3)20(23)12-19(26(32)33)18-9-8-10-22(28)21(18)13-29/h5,7-12,14H,6,15H2,1-4H3/b16-11+,17-5+,30-14-,31-7-. The predicted octanol–water partition coefficient (Wildman–Crippen LogP) is 5.64. The minimum atomic E-state index is -0.732. The number of halogens is 2. The number of pyridine rings is 1. The third-order valence-electron chi connectivity index (χ3n) is 5.12. The van der Waals surface area contributed by atoms with Crippen molar-refractivity contribution in [2.75, 3.05) is 6.54 Å². The van der Waals surface area contributed by atoms with E-state index in [9.17, 15) is 18.8 Å². The number of ether oxygens (including phenoxy) is 1. The Kier molecular flexibility index (Phi) is 7.69. The first-order valence-electron chi connectivity index (χ1n) is 10.7. The van der Waals surface area contributed by atoms with Crippen molar-refractivity contribution in [3.05, 3.63) is 81.0 Å². The van der Waals surface area contributed by atoms with E-state index < -0.39 is 17.2 Å². The second-order valence-corrected chi connectivity index (χ2v) is 7.29. The van der Waals surface area contributed by atoms with Gasteiger partial charge >= 0.3 is 0 Å². The van der Waals surface area contributed by atoms with Gasteiger partial charge in [0.1, 0.15) is 35.8 Å². The number of nitrogens with zero attached hydrogens (tertiary/aromatic N) is 4. The average Bonchev–Trinajstić information content (AvgIpc) is 2.81. The zero-order chi connectivity index (χ0) is 24.8. The summed E-state index contributed by atoms with van der Waals surface area (Å²) >= 11 is 0. The Hall–Kier alpha value is -4.12. The lowest BCUT2D eigenvalue weighted by atomic mass is 9.96. The van der Waals surface area contributed by atoms with Crippen molar-refractivity contribution in [2.45, 2.75) is 34.3 Å². The van der Waals surface area contributed by atoms with Gasteiger partial charge in [-0.2, -0.15) is 5.26 Å². The monoisotopic (exact) mass is 462 g/mol. The molecule has 0 saturated heterocycles. The molecule has 34 heavy (non-hydrogen) atoms. The summed E-state index contributed by atoms with van der Waals surface area (Å²) in [7, 11) is 0. The van der Waals surface area contributed by atoms with Crippen LogP contribution < -0.4 is 5.56 Å². The van der Waals surface area contributed by atoms with Crippen molar-refractivity contribution in [3.8, 4) is 17.2 Å². The molecule has 8 heteroatoms. The van der Waals surface area contributed by atoms with E-state index in [1.165, 1.54) is 35.9 Å². The Morgan fingerprint density at radius 2 is 2.06 bits per heavy atom. The van der Waals surface area contributed by atoms with E-state index in [1.807, 2.05) is 13.0 Å². The van der Waals surface area contributed by atoms with Crippen LogP contribution in [0.5, 0.6) is 0 Å². The molecule has 1 aromatic heterocycles. The quantitative estimate of drug-likeness (QED) is 0.521. The molecule has 3 rings (SSSR count). The molecular weight excluding hydrogens is 438 g/mol. The number of aliphatic imine (C=N–C) groups is 2. The van der Waals surface area contributed by atoms with Crippen LogP contribution in [0.4, 0.5) is 8.78 Å². The Balaban J connectivity index is 2.52. The van der Waals surface area contributed by atoms with Gasteiger partial charge in [0.2, 0.25) is 0 Å². The molecule has 1 aromatic carbocycles.